The van der Waals surface area contributed by atoms with Gasteiger partial charge < -0.3 is 15.2 Å². The number of carbonyl (C=O) groups is 3. The Bertz CT molecular complexity index is 881. The maximum atomic E-state index is 12.0. The third-order valence-electron chi connectivity index (χ3n) is 3.15. The molecule has 2 amide bonds. The Morgan fingerprint density at radius 3 is 2.48 bits per heavy atom. The predicted molar refractivity (Wildman–Crippen MR) is 103 cm³/mol. The van der Waals surface area contributed by atoms with Gasteiger partial charge in [0.25, 0.3) is 5.91 Å². The highest BCUT2D eigenvalue weighted by molar-refractivity contribution is 9.10. The van der Waals surface area contributed by atoms with Gasteiger partial charge in [0.2, 0.25) is 5.91 Å². The van der Waals surface area contributed by atoms with E-state index in [0.29, 0.717) is 27.0 Å². The first-order valence-electron chi connectivity index (χ1n) is 7.70. The maximum absolute atomic E-state index is 12.0. The Morgan fingerprint density at radius 2 is 1.89 bits per heavy atom. The molecular formula is C18H16BrN3O5. The molecule has 0 aliphatic heterocycles. The largest absolute Gasteiger partial charge is 0.481 e. The zero-order valence-electron chi connectivity index (χ0n) is 14.2. The van der Waals surface area contributed by atoms with Gasteiger partial charge in [-0.3, -0.25) is 9.59 Å². The lowest BCUT2D eigenvalue weighted by molar-refractivity contribution is -0.139. The van der Waals surface area contributed by atoms with Crippen molar-refractivity contribution in [1.82, 2.24) is 5.43 Å². The number of ether oxygens (including phenoxy) is 1. The van der Waals surface area contributed by atoms with Gasteiger partial charge in [-0.2, -0.15) is 5.10 Å². The third-order valence-corrected chi connectivity index (χ3v) is 3.77. The van der Waals surface area contributed by atoms with Crippen molar-refractivity contribution in [2.24, 2.45) is 5.10 Å². The summed E-state index contributed by atoms with van der Waals surface area (Å²) in [5.74, 6) is -1.28. The van der Waals surface area contributed by atoms with Crippen molar-refractivity contribution in [2.45, 2.75) is 6.92 Å². The van der Waals surface area contributed by atoms with Crippen molar-refractivity contribution in [3.8, 4) is 5.75 Å². The summed E-state index contributed by atoms with van der Waals surface area (Å²) in [6, 6.07) is 11.3. The van der Waals surface area contributed by atoms with Crippen LogP contribution in [0, 0.1) is 0 Å². The van der Waals surface area contributed by atoms with Crippen molar-refractivity contribution in [1.29, 1.82) is 0 Å². The molecule has 0 aliphatic carbocycles. The van der Waals surface area contributed by atoms with Gasteiger partial charge in [-0.15, -0.1) is 0 Å². The number of carboxylic acids is 1. The van der Waals surface area contributed by atoms with Crippen LogP contribution in [0.4, 0.5) is 5.69 Å². The number of nitrogens with one attached hydrogen (secondary N) is 2. The monoisotopic (exact) mass is 433 g/mol. The second-order valence-electron chi connectivity index (χ2n) is 5.33. The standard InChI is InChI=1S/C18H16BrN3O5/c1-11(23)21-14-5-3-13(4-6-14)18(26)22-20-9-12-2-7-16(15(19)8-12)27-10-17(24)25/h2-9H,10H2,1H3,(H,21,23)(H,22,26)(H,24,25)/b20-9+. The number of anilines is 1. The van der Waals surface area contributed by atoms with Gasteiger partial charge in [0.1, 0.15) is 5.75 Å². The number of benzene rings is 2. The van der Waals surface area contributed by atoms with Crippen molar-refractivity contribution < 1.29 is 24.2 Å². The molecule has 140 valence electrons. The minimum absolute atomic E-state index is 0.192. The average molecular weight is 434 g/mol. The molecule has 2 rings (SSSR count). The molecule has 0 aliphatic rings. The number of carboxylic acid groups (broad SMARTS) is 1. The summed E-state index contributed by atoms with van der Waals surface area (Å²) in [5, 5.41) is 15.1. The Morgan fingerprint density at radius 1 is 1.19 bits per heavy atom. The van der Waals surface area contributed by atoms with Gasteiger partial charge >= 0.3 is 5.97 Å². The third kappa shape index (κ3) is 6.55. The summed E-state index contributed by atoms with van der Waals surface area (Å²) >= 11 is 3.28. The first-order valence-corrected chi connectivity index (χ1v) is 8.49. The highest BCUT2D eigenvalue weighted by atomic mass is 79.9. The van der Waals surface area contributed by atoms with Crippen LogP contribution in [0.3, 0.4) is 0 Å². The lowest BCUT2D eigenvalue weighted by Crippen LogP contribution is -2.17. The number of nitrogens with zero attached hydrogens (tertiary/aromatic N) is 1. The van der Waals surface area contributed by atoms with Crippen LogP contribution in [0.25, 0.3) is 0 Å². The topological polar surface area (TPSA) is 117 Å². The lowest BCUT2D eigenvalue weighted by atomic mass is 10.2. The SMILES string of the molecule is CC(=O)Nc1ccc(C(=O)N/N=C/c2ccc(OCC(=O)O)c(Br)c2)cc1. The van der Waals surface area contributed by atoms with Crippen LogP contribution >= 0.6 is 15.9 Å². The molecule has 8 nitrogen and oxygen atoms in total. The van der Waals surface area contributed by atoms with E-state index in [2.05, 4.69) is 31.8 Å². The minimum atomic E-state index is -1.07. The summed E-state index contributed by atoms with van der Waals surface area (Å²) in [4.78, 5) is 33.5. The van der Waals surface area contributed by atoms with Crippen LogP contribution < -0.4 is 15.5 Å². The molecule has 2 aromatic carbocycles. The molecule has 0 atom stereocenters. The van der Waals surface area contributed by atoms with Crippen LogP contribution in [0.15, 0.2) is 52.0 Å². The van der Waals surface area contributed by atoms with Crippen molar-refractivity contribution in [2.75, 3.05) is 11.9 Å². The Labute approximate surface area is 163 Å². The zero-order valence-corrected chi connectivity index (χ0v) is 15.8. The highest BCUT2D eigenvalue weighted by Gasteiger charge is 2.06. The van der Waals surface area contributed by atoms with Crippen LogP contribution in [0.2, 0.25) is 0 Å². The number of amides is 2. The molecule has 0 unspecified atom stereocenters. The Kier molecular flexibility index (Phi) is 7.07. The van der Waals surface area contributed by atoms with Crippen LogP contribution in [-0.4, -0.2) is 35.7 Å². The maximum Gasteiger partial charge on any atom is 0.341 e. The first kappa shape index (κ1) is 20.1. The molecule has 3 N–H and O–H groups in total. The van der Waals surface area contributed by atoms with Gasteiger partial charge in [-0.1, -0.05) is 0 Å². The van der Waals surface area contributed by atoms with E-state index in [1.165, 1.54) is 13.1 Å². The minimum Gasteiger partial charge on any atom is -0.481 e. The number of carbonyl (C=O) groups excluding carboxylic acids is 2. The van der Waals surface area contributed by atoms with Gasteiger partial charge in [-0.05, 0) is 64.0 Å². The fraction of sp³-hybridized carbons (Fsp3) is 0.111. The smallest absolute Gasteiger partial charge is 0.341 e. The fourth-order valence-corrected chi connectivity index (χ4v) is 2.50. The van der Waals surface area contributed by atoms with E-state index >= 15 is 0 Å². The van der Waals surface area contributed by atoms with Crippen LogP contribution in [0.5, 0.6) is 5.75 Å². The second kappa shape index (κ2) is 9.48. The fourth-order valence-electron chi connectivity index (χ4n) is 1.99. The van der Waals surface area contributed by atoms with E-state index < -0.39 is 18.5 Å². The summed E-state index contributed by atoms with van der Waals surface area (Å²) in [5.41, 5.74) is 4.06. The number of aliphatic carboxylic acids is 1. The summed E-state index contributed by atoms with van der Waals surface area (Å²) in [7, 11) is 0. The van der Waals surface area contributed by atoms with Crippen molar-refractivity contribution >= 4 is 45.6 Å². The summed E-state index contributed by atoms with van der Waals surface area (Å²) in [6.45, 7) is 0.960. The molecule has 9 heteroatoms. The van der Waals surface area contributed by atoms with Gasteiger partial charge in [-0.25, -0.2) is 10.2 Å². The zero-order chi connectivity index (χ0) is 19.8. The normalized spacial score (nSPS) is 10.4. The quantitative estimate of drug-likeness (QED) is 0.458. The van der Waals surface area contributed by atoms with E-state index in [1.807, 2.05) is 0 Å². The van der Waals surface area contributed by atoms with Gasteiger partial charge in [0.15, 0.2) is 6.61 Å². The number of rotatable bonds is 7. The average Bonchev–Trinajstić information content (AvgIpc) is 2.61. The summed E-state index contributed by atoms with van der Waals surface area (Å²) in [6.07, 6.45) is 1.44. The molecule has 0 saturated carbocycles. The molecular weight excluding hydrogens is 418 g/mol. The van der Waals surface area contributed by atoms with E-state index in [-0.39, 0.29) is 5.91 Å². The lowest BCUT2D eigenvalue weighted by Gasteiger charge is -2.06. The number of hydrazone groups is 1. The van der Waals surface area contributed by atoms with Gasteiger partial charge in [0.05, 0.1) is 10.7 Å². The molecule has 0 heterocycles. The van der Waals surface area contributed by atoms with E-state index in [1.54, 1.807) is 42.5 Å². The molecule has 0 aromatic heterocycles. The molecule has 2 aromatic rings. The molecule has 0 spiro atoms. The van der Waals surface area contributed by atoms with Crippen LogP contribution in [0.1, 0.15) is 22.8 Å². The highest BCUT2D eigenvalue weighted by Crippen LogP contribution is 2.25. The number of hydrogen-bond acceptors (Lipinski definition) is 5. The van der Waals surface area contributed by atoms with Crippen molar-refractivity contribution in [3.05, 3.63) is 58.1 Å². The van der Waals surface area contributed by atoms with E-state index in [4.69, 9.17) is 9.84 Å². The molecule has 0 bridgehead atoms. The number of halogens is 1. The Balaban J connectivity index is 1.94. The molecule has 0 radical (unpaired) electrons. The molecule has 0 saturated heterocycles. The second-order valence-corrected chi connectivity index (χ2v) is 6.18. The van der Waals surface area contributed by atoms with E-state index in [0.717, 1.165) is 0 Å². The van der Waals surface area contributed by atoms with Crippen molar-refractivity contribution in [3.63, 3.8) is 0 Å². The van der Waals surface area contributed by atoms with Crippen LogP contribution in [-0.2, 0) is 9.59 Å². The molecule has 0 fully saturated rings. The van der Waals surface area contributed by atoms with E-state index in [9.17, 15) is 14.4 Å². The Hall–Kier alpha value is -3.20. The van der Waals surface area contributed by atoms with Gasteiger partial charge in [0, 0.05) is 18.2 Å². The number of hydrogen-bond donors (Lipinski definition) is 3. The predicted octanol–water partition coefficient (Wildman–Crippen LogP) is 2.63. The molecule has 27 heavy (non-hydrogen) atoms. The summed E-state index contributed by atoms with van der Waals surface area (Å²) < 4.78 is 5.66. The first-order chi connectivity index (χ1) is 12.8.